The van der Waals surface area contributed by atoms with Gasteiger partial charge in [0.2, 0.25) is 11.8 Å². The molecule has 1 aromatic rings. The Labute approximate surface area is 97.0 Å². The Hall–Kier alpha value is -1.95. The number of morpholine rings is 1. The van der Waals surface area contributed by atoms with Crippen LogP contribution in [0.5, 0.6) is 0 Å². The van der Waals surface area contributed by atoms with Crippen molar-refractivity contribution in [2.75, 3.05) is 18.5 Å². The van der Waals surface area contributed by atoms with E-state index in [0.29, 0.717) is 0 Å². The summed E-state index contributed by atoms with van der Waals surface area (Å²) in [5.41, 5.74) is 0.0809. The van der Waals surface area contributed by atoms with Crippen molar-refractivity contribution in [1.29, 1.82) is 0 Å². The van der Waals surface area contributed by atoms with Crippen LogP contribution in [0, 0.1) is 5.82 Å². The minimum absolute atomic E-state index is 0.0521. The maximum Gasteiger partial charge on any atom is 0.249 e. The summed E-state index contributed by atoms with van der Waals surface area (Å²) in [5.74, 6) is -1.38. The van der Waals surface area contributed by atoms with Crippen molar-refractivity contribution < 1.29 is 18.7 Å². The van der Waals surface area contributed by atoms with Gasteiger partial charge in [0.1, 0.15) is 18.5 Å². The van der Waals surface area contributed by atoms with Gasteiger partial charge in [0.15, 0.2) is 0 Å². The second-order valence-corrected chi connectivity index (χ2v) is 3.60. The Bertz CT molecular complexity index is 450. The van der Waals surface area contributed by atoms with Crippen molar-refractivity contribution in [2.45, 2.75) is 6.04 Å². The van der Waals surface area contributed by atoms with E-state index in [4.69, 9.17) is 4.74 Å². The van der Waals surface area contributed by atoms with Gasteiger partial charge in [-0.05, 0) is 12.1 Å². The number of benzene rings is 1. The van der Waals surface area contributed by atoms with Crippen LogP contribution in [-0.4, -0.2) is 31.1 Å². The zero-order chi connectivity index (χ0) is 12.3. The molecule has 1 heterocycles. The molecule has 6 heteroatoms. The van der Waals surface area contributed by atoms with Crippen molar-refractivity contribution in [1.82, 2.24) is 5.32 Å². The number of carbonyl (C=O) groups excluding carboxylic acids is 2. The fourth-order valence-corrected chi connectivity index (χ4v) is 1.47. The Morgan fingerprint density at radius 2 is 2.24 bits per heavy atom. The highest BCUT2D eigenvalue weighted by atomic mass is 19.1. The second-order valence-electron chi connectivity index (χ2n) is 3.60. The largest absolute Gasteiger partial charge is 0.369 e. The quantitative estimate of drug-likeness (QED) is 0.777. The van der Waals surface area contributed by atoms with Crippen LogP contribution >= 0.6 is 0 Å². The molecule has 90 valence electrons. The third-order valence-electron chi connectivity index (χ3n) is 2.30. The summed E-state index contributed by atoms with van der Waals surface area (Å²) in [6, 6.07) is 5.03. The number of para-hydroxylation sites is 1. The van der Waals surface area contributed by atoms with Crippen LogP contribution in [0.1, 0.15) is 0 Å². The SMILES string of the molecule is O=C1COCC(C(=O)Nc2ccccc2F)N1. The van der Waals surface area contributed by atoms with Gasteiger partial charge in [0.05, 0.1) is 12.3 Å². The summed E-state index contributed by atoms with van der Waals surface area (Å²) < 4.78 is 18.2. The van der Waals surface area contributed by atoms with Crippen LogP contribution in [-0.2, 0) is 14.3 Å². The van der Waals surface area contributed by atoms with Gasteiger partial charge >= 0.3 is 0 Å². The molecule has 2 N–H and O–H groups in total. The fourth-order valence-electron chi connectivity index (χ4n) is 1.47. The third kappa shape index (κ3) is 2.79. The first-order chi connectivity index (χ1) is 8.16. The normalized spacial score (nSPS) is 19.6. The predicted octanol–water partition coefficient (Wildman–Crippen LogP) is 0.279. The highest BCUT2D eigenvalue weighted by Gasteiger charge is 2.25. The molecule has 2 amide bonds. The van der Waals surface area contributed by atoms with E-state index in [-0.39, 0.29) is 24.8 Å². The molecule has 1 saturated heterocycles. The average molecular weight is 238 g/mol. The molecule has 1 aliphatic heterocycles. The van der Waals surface area contributed by atoms with E-state index in [0.717, 1.165) is 0 Å². The van der Waals surface area contributed by atoms with Gasteiger partial charge < -0.3 is 15.4 Å². The molecule has 0 radical (unpaired) electrons. The standard InChI is InChI=1S/C11H11FN2O3/c12-7-3-1-2-4-8(7)14-11(16)9-5-17-6-10(15)13-9/h1-4,9H,5-6H2,(H,13,15)(H,14,16). The Morgan fingerprint density at radius 1 is 1.47 bits per heavy atom. The van der Waals surface area contributed by atoms with E-state index in [1.54, 1.807) is 6.07 Å². The number of hydrogen-bond donors (Lipinski definition) is 2. The number of amides is 2. The zero-order valence-corrected chi connectivity index (χ0v) is 8.90. The number of carbonyl (C=O) groups is 2. The molecule has 17 heavy (non-hydrogen) atoms. The predicted molar refractivity (Wildman–Crippen MR) is 57.8 cm³/mol. The van der Waals surface area contributed by atoms with Gasteiger partial charge in [-0.1, -0.05) is 12.1 Å². The van der Waals surface area contributed by atoms with Crippen LogP contribution in [0.4, 0.5) is 10.1 Å². The second kappa shape index (κ2) is 4.92. The minimum atomic E-state index is -0.782. The van der Waals surface area contributed by atoms with E-state index in [2.05, 4.69) is 10.6 Å². The lowest BCUT2D eigenvalue weighted by molar-refractivity contribution is -0.136. The van der Waals surface area contributed by atoms with Gasteiger partial charge in [0, 0.05) is 0 Å². The summed E-state index contributed by atoms with van der Waals surface area (Å²) in [7, 11) is 0. The number of nitrogens with one attached hydrogen (secondary N) is 2. The number of halogens is 1. The molecule has 0 saturated carbocycles. The lowest BCUT2D eigenvalue weighted by Gasteiger charge is -2.22. The summed E-state index contributed by atoms with van der Waals surface area (Å²) in [4.78, 5) is 22.7. The molecule has 1 atom stereocenters. The van der Waals surface area contributed by atoms with Crippen LogP contribution in [0.15, 0.2) is 24.3 Å². The number of rotatable bonds is 2. The monoisotopic (exact) mass is 238 g/mol. The molecule has 5 nitrogen and oxygen atoms in total. The molecule has 0 spiro atoms. The van der Waals surface area contributed by atoms with E-state index < -0.39 is 17.8 Å². The van der Waals surface area contributed by atoms with Gasteiger partial charge in [-0.15, -0.1) is 0 Å². The van der Waals surface area contributed by atoms with E-state index in [9.17, 15) is 14.0 Å². The molecule has 2 rings (SSSR count). The number of hydrogen-bond acceptors (Lipinski definition) is 3. The molecule has 1 aromatic carbocycles. The molecule has 1 aliphatic rings. The first-order valence-corrected chi connectivity index (χ1v) is 5.09. The van der Waals surface area contributed by atoms with Gasteiger partial charge in [-0.25, -0.2) is 4.39 Å². The third-order valence-corrected chi connectivity index (χ3v) is 2.30. The van der Waals surface area contributed by atoms with Crippen molar-refractivity contribution in [3.8, 4) is 0 Å². The maximum absolute atomic E-state index is 13.3. The van der Waals surface area contributed by atoms with Crippen molar-refractivity contribution >= 4 is 17.5 Å². The van der Waals surface area contributed by atoms with Crippen molar-refractivity contribution in [3.63, 3.8) is 0 Å². The van der Waals surface area contributed by atoms with E-state index in [1.807, 2.05) is 0 Å². The first kappa shape index (κ1) is 11.5. The van der Waals surface area contributed by atoms with Gasteiger partial charge in [-0.3, -0.25) is 9.59 Å². The fraction of sp³-hybridized carbons (Fsp3) is 0.273. The lowest BCUT2D eigenvalue weighted by atomic mass is 10.2. The van der Waals surface area contributed by atoms with Crippen LogP contribution < -0.4 is 10.6 Å². The smallest absolute Gasteiger partial charge is 0.249 e. The molecule has 0 bridgehead atoms. The van der Waals surface area contributed by atoms with Gasteiger partial charge in [0.25, 0.3) is 0 Å². The zero-order valence-electron chi connectivity index (χ0n) is 8.90. The van der Waals surface area contributed by atoms with Crippen molar-refractivity contribution in [2.24, 2.45) is 0 Å². The maximum atomic E-state index is 13.3. The molecular weight excluding hydrogens is 227 g/mol. The lowest BCUT2D eigenvalue weighted by Crippen LogP contribution is -2.52. The highest BCUT2D eigenvalue weighted by molar-refractivity contribution is 5.97. The summed E-state index contributed by atoms with van der Waals surface area (Å²) in [6.07, 6.45) is 0. The van der Waals surface area contributed by atoms with Crippen LogP contribution in [0.25, 0.3) is 0 Å². The summed E-state index contributed by atoms with van der Waals surface area (Å²) in [6.45, 7) is 0.0372. The van der Waals surface area contributed by atoms with Crippen LogP contribution in [0.3, 0.4) is 0 Å². The molecule has 0 aromatic heterocycles. The van der Waals surface area contributed by atoms with E-state index in [1.165, 1.54) is 18.2 Å². The first-order valence-electron chi connectivity index (χ1n) is 5.09. The average Bonchev–Trinajstić information content (AvgIpc) is 2.32. The van der Waals surface area contributed by atoms with Crippen molar-refractivity contribution in [3.05, 3.63) is 30.1 Å². The Balaban J connectivity index is 2.02. The summed E-state index contributed by atoms with van der Waals surface area (Å²) in [5, 5.41) is 4.85. The van der Waals surface area contributed by atoms with E-state index >= 15 is 0 Å². The number of ether oxygens (including phenoxy) is 1. The molecule has 1 fully saturated rings. The number of anilines is 1. The highest BCUT2D eigenvalue weighted by Crippen LogP contribution is 2.12. The van der Waals surface area contributed by atoms with Crippen LogP contribution in [0.2, 0.25) is 0 Å². The minimum Gasteiger partial charge on any atom is -0.369 e. The summed E-state index contributed by atoms with van der Waals surface area (Å²) >= 11 is 0. The molecule has 0 aliphatic carbocycles. The molecule has 1 unspecified atom stereocenters. The Morgan fingerprint density at radius 3 is 2.94 bits per heavy atom. The van der Waals surface area contributed by atoms with Gasteiger partial charge in [-0.2, -0.15) is 0 Å². The topological polar surface area (TPSA) is 67.4 Å². The Kier molecular flexibility index (Phi) is 3.34. The molecular formula is C11H11FN2O3.